The molecule has 8 amide bonds. The molecule has 2 aromatic carbocycles. The van der Waals surface area contributed by atoms with E-state index in [2.05, 4.69) is 26.6 Å². The van der Waals surface area contributed by atoms with Gasteiger partial charge in [-0.15, -0.1) is 0 Å². The number of aromatic nitrogens is 1. The summed E-state index contributed by atoms with van der Waals surface area (Å²) in [6.45, 7) is 2.21. The molecule has 0 fully saturated rings. The van der Waals surface area contributed by atoms with Gasteiger partial charge in [-0.05, 0) is 63.4 Å². The minimum atomic E-state index is -1.07. The van der Waals surface area contributed by atoms with Crippen molar-refractivity contribution in [3.05, 3.63) is 57.9 Å². The molecule has 29 heteroatoms. The average molecular weight is 1190 g/mol. The van der Waals surface area contributed by atoms with E-state index >= 15 is 0 Å². The minimum absolute atomic E-state index is 0.00449. The number of rotatable bonds is 40. The van der Waals surface area contributed by atoms with Crippen molar-refractivity contribution in [2.45, 2.75) is 64.1 Å². The quantitative estimate of drug-likeness (QED) is 0.0150. The number of hydrogen-bond acceptors (Lipinski definition) is 21. The number of aliphatic hydroxyl groups excluding tert-OH is 1. The second-order valence-corrected chi connectivity index (χ2v) is 19.4. The lowest BCUT2D eigenvalue weighted by molar-refractivity contribution is -0.138. The van der Waals surface area contributed by atoms with Gasteiger partial charge in [-0.1, -0.05) is 0 Å². The number of nitrogens with one attached hydrogen (secondary N) is 5. The third-order valence-corrected chi connectivity index (χ3v) is 13.5. The summed E-state index contributed by atoms with van der Waals surface area (Å²) in [4.78, 5) is 131. The second-order valence-electron chi connectivity index (χ2n) is 19.4. The highest BCUT2D eigenvalue weighted by Gasteiger charge is 2.36. The number of nitrogens with two attached hydrogens (primary N) is 1. The average Bonchev–Trinajstić information content (AvgIpc) is 1.62. The number of unbranched alkanes of at least 4 members (excludes halogenated alkanes) is 1. The van der Waals surface area contributed by atoms with E-state index in [-0.39, 0.29) is 133 Å². The lowest BCUT2D eigenvalue weighted by Crippen LogP contribution is -2.53. The first kappa shape index (κ1) is 66.1. The SMILES string of the molecule is COc1cc2c3c(n(CCCN(CCO)C(=O)COCNC(=O)CNC(=O)[C@H](CCCCN)NC(=O)[C@H](C)NC(=O)CCOCCOCCOCCOCCNC(=O)CCN4C(=O)C=CC4=O)c(=O)c2cc1OC)-c1cc2c(cc1C3=O)OCO2. The standard InChI is InChI=1S/C56H75N9O20/c1-35(61-46(68)11-19-79-21-23-81-25-26-82-24-22-80-20-13-58-45(67)10-16-64-48(70)8-9-49(64)71)54(74)62-40(7-4-5-12-57)55(75)59-31-47(69)60-33-83-32-50(72)63(17-18-66)14-6-15-65-52-37-28-43-44(85-34-84-43)29-38(37)53(73)51(52)36-27-41(77-2)42(78-3)30-39(36)56(65)76/h8-9,27-30,35,40,66H,4-7,10-26,31-34,57H2,1-3H3,(H,58,67)(H,59,75)(H,60,69)(H,61,68)(H,62,74)/t35-,40-/m0/s1. The van der Waals surface area contributed by atoms with E-state index < -0.39 is 78.9 Å². The van der Waals surface area contributed by atoms with Crippen LogP contribution in [0.15, 0.2) is 41.2 Å². The molecule has 85 heavy (non-hydrogen) atoms. The zero-order valence-corrected chi connectivity index (χ0v) is 47.9. The third-order valence-electron chi connectivity index (χ3n) is 13.5. The van der Waals surface area contributed by atoms with Crippen LogP contribution in [0.5, 0.6) is 23.0 Å². The van der Waals surface area contributed by atoms with Crippen molar-refractivity contribution in [3.8, 4) is 34.3 Å². The lowest BCUT2D eigenvalue weighted by atomic mass is 10.0. The van der Waals surface area contributed by atoms with Gasteiger partial charge in [0.05, 0.1) is 96.9 Å². The zero-order chi connectivity index (χ0) is 61.3. The molecule has 1 aromatic heterocycles. The number of methoxy groups -OCH3 is 2. The third kappa shape index (κ3) is 19.0. The molecule has 8 N–H and O–H groups in total. The summed E-state index contributed by atoms with van der Waals surface area (Å²) < 4.78 is 50.8. The highest BCUT2D eigenvalue weighted by molar-refractivity contribution is 6.27. The Morgan fingerprint density at radius 1 is 0.682 bits per heavy atom. The van der Waals surface area contributed by atoms with Gasteiger partial charge in [0, 0.05) is 74.2 Å². The zero-order valence-electron chi connectivity index (χ0n) is 47.9. The highest BCUT2D eigenvalue weighted by atomic mass is 16.7. The number of amides is 8. The van der Waals surface area contributed by atoms with Gasteiger partial charge in [-0.2, -0.15) is 0 Å². The summed E-state index contributed by atoms with van der Waals surface area (Å²) in [7, 11) is 2.88. The fraction of sp³-hybridized carbons (Fsp3) is 0.536. The van der Waals surface area contributed by atoms with E-state index in [0.717, 1.165) is 17.1 Å². The normalized spacial score (nSPS) is 13.6. The molecule has 0 bridgehead atoms. The van der Waals surface area contributed by atoms with Gasteiger partial charge in [-0.25, -0.2) is 0 Å². The fourth-order valence-corrected chi connectivity index (χ4v) is 9.15. The predicted molar refractivity (Wildman–Crippen MR) is 300 cm³/mol. The smallest absolute Gasteiger partial charge is 0.259 e. The molecule has 6 rings (SSSR count). The molecular formula is C56H75N9O20. The van der Waals surface area contributed by atoms with E-state index in [1.807, 2.05) is 0 Å². The van der Waals surface area contributed by atoms with E-state index in [4.69, 9.17) is 48.4 Å². The Morgan fingerprint density at radius 2 is 1.32 bits per heavy atom. The number of ketones is 1. The molecule has 3 aromatic rings. The number of hydrogen-bond donors (Lipinski definition) is 7. The largest absolute Gasteiger partial charge is 0.493 e. The maximum atomic E-state index is 14.3. The monoisotopic (exact) mass is 1190 g/mol. The van der Waals surface area contributed by atoms with Gasteiger partial charge in [0.2, 0.25) is 42.2 Å². The summed E-state index contributed by atoms with van der Waals surface area (Å²) in [5.41, 5.74) is 6.68. The molecule has 0 unspecified atom stereocenters. The molecule has 2 aliphatic heterocycles. The maximum absolute atomic E-state index is 14.3. The molecule has 0 spiro atoms. The Balaban J connectivity index is 0.838. The van der Waals surface area contributed by atoms with Crippen LogP contribution in [-0.4, -0.2) is 218 Å². The van der Waals surface area contributed by atoms with E-state index in [1.165, 1.54) is 36.7 Å². The Bertz CT molecular complexity index is 2950. The van der Waals surface area contributed by atoms with Crippen molar-refractivity contribution >= 4 is 63.8 Å². The Kier molecular flexibility index (Phi) is 26.5. The predicted octanol–water partition coefficient (Wildman–Crippen LogP) is -1.62. The van der Waals surface area contributed by atoms with Crippen molar-refractivity contribution in [3.63, 3.8) is 0 Å². The number of carbonyl (C=O) groups excluding carboxylic acids is 9. The number of pyridine rings is 1. The number of nitrogens with zero attached hydrogens (tertiary/aromatic N) is 3. The molecule has 3 heterocycles. The first-order chi connectivity index (χ1) is 41.1. The van der Waals surface area contributed by atoms with Crippen LogP contribution in [0.2, 0.25) is 0 Å². The summed E-state index contributed by atoms with van der Waals surface area (Å²) in [6.07, 6.45) is 3.69. The Morgan fingerprint density at radius 3 is 1.96 bits per heavy atom. The molecule has 29 nitrogen and oxygen atoms in total. The fourth-order valence-electron chi connectivity index (χ4n) is 9.15. The number of ether oxygens (including phenoxy) is 9. The van der Waals surface area contributed by atoms with Crippen LogP contribution in [0.25, 0.3) is 22.0 Å². The Hall–Kier alpha value is -8.06. The molecular weight excluding hydrogens is 1120 g/mol. The van der Waals surface area contributed by atoms with E-state index in [0.29, 0.717) is 78.7 Å². The van der Waals surface area contributed by atoms with Crippen LogP contribution >= 0.6 is 0 Å². The van der Waals surface area contributed by atoms with Gasteiger partial charge in [-0.3, -0.25) is 52.8 Å². The van der Waals surface area contributed by atoms with Crippen LogP contribution in [0.3, 0.4) is 0 Å². The summed E-state index contributed by atoms with van der Waals surface area (Å²) in [5.74, 6) is -3.05. The van der Waals surface area contributed by atoms with Crippen molar-refractivity contribution in [2.24, 2.45) is 5.73 Å². The number of fused-ring (bicyclic) bond motifs is 6. The van der Waals surface area contributed by atoms with Crippen LogP contribution in [-0.2, 0) is 68.6 Å². The molecule has 0 saturated heterocycles. The number of carbonyl (C=O) groups is 9. The van der Waals surface area contributed by atoms with Crippen molar-refractivity contribution in [1.29, 1.82) is 0 Å². The highest BCUT2D eigenvalue weighted by Crippen LogP contribution is 2.47. The van der Waals surface area contributed by atoms with Gasteiger partial charge >= 0.3 is 0 Å². The topological polar surface area (TPSA) is 372 Å². The molecule has 1 aliphatic carbocycles. The minimum Gasteiger partial charge on any atom is -0.493 e. The van der Waals surface area contributed by atoms with Gasteiger partial charge in [0.15, 0.2) is 28.8 Å². The van der Waals surface area contributed by atoms with Gasteiger partial charge in [0.1, 0.15) is 25.4 Å². The molecule has 0 saturated carbocycles. The molecule has 0 radical (unpaired) electrons. The summed E-state index contributed by atoms with van der Waals surface area (Å²) in [5, 5.41) is 23.2. The van der Waals surface area contributed by atoms with Gasteiger partial charge in [0.25, 0.3) is 17.4 Å². The first-order valence-electron chi connectivity index (χ1n) is 27.8. The second kappa shape index (κ2) is 34.0. The molecule has 3 aliphatic rings. The van der Waals surface area contributed by atoms with Crippen LogP contribution in [0.4, 0.5) is 0 Å². The van der Waals surface area contributed by atoms with Crippen LogP contribution in [0.1, 0.15) is 61.4 Å². The lowest BCUT2D eigenvalue weighted by Gasteiger charge is -2.23. The maximum Gasteiger partial charge on any atom is 0.259 e. The summed E-state index contributed by atoms with van der Waals surface area (Å²) in [6, 6.07) is 4.28. The number of aliphatic hydroxyl groups is 1. The van der Waals surface area contributed by atoms with E-state index in [9.17, 15) is 53.1 Å². The van der Waals surface area contributed by atoms with E-state index in [1.54, 1.807) is 18.2 Å². The van der Waals surface area contributed by atoms with Crippen molar-refractivity contribution in [2.75, 3.05) is 133 Å². The Labute approximate surface area is 489 Å². The first-order valence-corrected chi connectivity index (χ1v) is 27.8. The van der Waals surface area contributed by atoms with Crippen LogP contribution < -0.4 is 56.8 Å². The van der Waals surface area contributed by atoms with Crippen molar-refractivity contribution in [1.82, 2.24) is 41.0 Å². The van der Waals surface area contributed by atoms with Crippen molar-refractivity contribution < 1.29 is 90.9 Å². The molecule has 464 valence electrons. The number of imide groups is 1. The van der Waals surface area contributed by atoms with Crippen LogP contribution in [0, 0.1) is 0 Å². The summed E-state index contributed by atoms with van der Waals surface area (Å²) >= 11 is 0. The molecule has 2 atom stereocenters. The van der Waals surface area contributed by atoms with Gasteiger partial charge < -0.3 is 89.5 Å². The number of benzene rings is 2.